The molecular weight excluding hydrogens is 348 g/mol. The lowest BCUT2D eigenvalue weighted by Gasteiger charge is -2.43. The summed E-state index contributed by atoms with van der Waals surface area (Å²) in [5, 5.41) is 0. The highest BCUT2D eigenvalue weighted by Crippen LogP contribution is 2.29. The van der Waals surface area contributed by atoms with Crippen molar-refractivity contribution in [3.63, 3.8) is 0 Å². The minimum atomic E-state index is -2.93. The molecule has 26 heavy (non-hydrogen) atoms. The summed E-state index contributed by atoms with van der Waals surface area (Å²) in [5.41, 5.74) is 1.22. The van der Waals surface area contributed by atoms with Crippen LogP contribution < -0.4 is 4.74 Å². The number of nitrogens with zero attached hydrogens (tertiary/aromatic N) is 2. The summed E-state index contributed by atoms with van der Waals surface area (Å²) >= 11 is 0. The van der Waals surface area contributed by atoms with Crippen LogP contribution in [0.5, 0.6) is 5.75 Å². The van der Waals surface area contributed by atoms with Gasteiger partial charge in [-0.05, 0) is 49.9 Å². The largest absolute Gasteiger partial charge is 0.490 e. The first-order valence-corrected chi connectivity index (χ1v) is 11.8. The van der Waals surface area contributed by atoms with E-state index in [1.165, 1.54) is 18.4 Å². The van der Waals surface area contributed by atoms with E-state index < -0.39 is 9.84 Å². The number of fused-ring (bicyclic) bond motifs is 1. The Morgan fingerprint density at radius 1 is 1.08 bits per heavy atom. The van der Waals surface area contributed by atoms with E-state index in [2.05, 4.69) is 34.9 Å². The van der Waals surface area contributed by atoms with E-state index in [0.29, 0.717) is 17.6 Å². The summed E-state index contributed by atoms with van der Waals surface area (Å²) in [5.74, 6) is 1.57. The molecule has 0 bridgehead atoms. The molecule has 0 unspecified atom stereocenters. The normalized spacial score (nSPS) is 29.7. The van der Waals surface area contributed by atoms with Crippen LogP contribution in [0.1, 0.15) is 38.2 Å². The maximum atomic E-state index is 12.2. The van der Waals surface area contributed by atoms with Gasteiger partial charge in [-0.1, -0.05) is 19.1 Å². The van der Waals surface area contributed by atoms with Crippen LogP contribution in [0.15, 0.2) is 24.3 Å². The molecule has 1 aliphatic carbocycles. The van der Waals surface area contributed by atoms with Gasteiger partial charge >= 0.3 is 0 Å². The Morgan fingerprint density at radius 3 is 2.50 bits per heavy atom. The highest BCUT2D eigenvalue weighted by atomic mass is 32.2. The summed E-state index contributed by atoms with van der Waals surface area (Å²) in [7, 11) is -2.93. The fourth-order valence-electron chi connectivity index (χ4n) is 4.84. The van der Waals surface area contributed by atoms with E-state index in [1.807, 2.05) is 6.07 Å². The molecule has 144 valence electrons. The quantitative estimate of drug-likeness (QED) is 0.787. The van der Waals surface area contributed by atoms with Crippen LogP contribution in [0.3, 0.4) is 0 Å². The van der Waals surface area contributed by atoms with Crippen molar-refractivity contribution >= 4 is 9.84 Å². The fourth-order valence-corrected chi connectivity index (χ4v) is 6.88. The van der Waals surface area contributed by atoms with Gasteiger partial charge in [0, 0.05) is 31.7 Å². The van der Waals surface area contributed by atoms with Crippen molar-refractivity contribution in [1.29, 1.82) is 0 Å². The zero-order chi connectivity index (χ0) is 18.1. The number of hydrogen-bond acceptors (Lipinski definition) is 5. The SMILES string of the molecule is CCN1CCN(Cc2cccc(OC3CCCC3)c2)[C@@H]2CS(=O)(=O)C[C@@H]21. The van der Waals surface area contributed by atoms with Crippen molar-refractivity contribution in [3.05, 3.63) is 29.8 Å². The molecule has 0 radical (unpaired) electrons. The van der Waals surface area contributed by atoms with Crippen LogP contribution in [0, 0.1) is 0 Å². The van der Waals surface area contributed by atoms with Crippen molar-refractivity contribution in [2.75, 3.05) is 31.1 Å². The minimum absolute atomic E-state index is 0.119. The zero-order valence-corrected chi connectivity index (χ0v) is 16.5. The second-order valence-corrected chi connectivity index (χ2v) is 10.1. The molecule has 1 aromatic carbocycles. The van der Waals surface area contributed by atoms with Gasteiger partial charge in [0.15, 0.2) is 9.84 Å². The molecule has 5 nitrogen and oxygen atoms in total. The summed E-state index contributed by atoms with van der Waals surface area (Å²) < 4.78 is 30.6. The molecule has 1 saturated carbocycles. The highest BCUT2D eigenvalue weighted by Gasteiger charge is 2.45. The Hall–Kier alpha value is -1.11. The standard InChI is InChI=1S/C20H30N2O3S/c1-2-21-10-11-22(20-15-26(23,24)14-19(20)21)13-16-6-5-9-18(12-16)25-17-7-3-4-8-17/h5-6,9,12,17,19-20H,2-4,7-8,10-11,13-15H2,1H3/t19-,20+/m0/s1. The topological polar surface area (TPSA) is 49.9 Å². The van der Waals surface area contributed by atoms with Crippen LogP contribution in [0.2, 0.25) is 0 Å². The Bertz CT molecular complexity index is 730. The Balaban J connectivity index is 1.46. The molecule has 6 heteroatoms. The van der Waals surface area contributed by atoms with Gasteiger partial charge in [-0.3, -0.25) is 9.80 Å². The number of sulfone groups is 1. The lowest BCUT2D eigenvalue weighted by atomic mass is 10.0. The van der Waals surface area contributed by atoms with Gasteiger partial charge < -0.3 is 4.74 Å². The fraction of sp³-hybridized carbons (Fsp3) is 0.700. The number of ether oxygens (including phenoxy) is 1. The molecule has 2 atom stereocenters. The third-order valence-electron chi connectivity index (χ3n) is 6.20. The van der Waals surface area contributed by atoms with Crippen LogP contribution >= 0.6 is 0 Å². The predicted molar refractivity (Wildman–Crippen MR) is 103 cm³/mol. The summed E-state index contributed by atoms with van der Waals surface area (Å²) in [6.45, 7) is 5.73. The van der Waals surface area contributed by atoms with E-state index in [9.17, 15) is 8.42 Å². The molecule has 2 aliphatic heterocycles. The summed E-state index contributed by atoms with van der Waals surface area (Å²) in [4.78, 5) is 4.71. The second-order valence-electron chi connectivity index (χ2n) is 7.98. The van der Waals surface area contributed by atoms with Crippen LogP contribution in [0.4, 0.5) is 0 Å². The first kappa shape index (κ1) is 18.3. The van der Waals surface area contributed by atoms with Crippen LogP contribution in [0.25, 0.3) is 0 Å². The van der Waals surface area contributed by atoms with Crippen LogP contribution in [-0.2, 0) is 16.4 Å². The average molecular weight is 379 g/mol. The van der Waals surface area contributed by atoms with Gasteiger partial charge in [0.2, 0.25) is 0 Å². The Kier molecular flexibility index (Phi) is 5.26. The Labute approximate surface area is 157 Å². The van der Waals surface area contributed by atoms with E-state index in [-0.39, 0.29) is 12.1 Å². The van der Waals surface area contributed by atoms with E-state index in [1.54, 1.807) is 0 Å². The molecule has 0 amide bonds. The molecule has 0 N–H and O–H groups in total. The number of piperazine rings is 1. The van der Waals surface area contributed by atoms with Crippen molar-refractivity contribution < 1.29 is 13.2 Å². The highest BCUT2D eigenvalue weighted by molar-refractivity contribution is 7.91. The Morgan fingerprint density at radius 2 is 1.77 bits per heavy atom. The first-order valence-electron chi connectivity index (χ1n) is 9.98. The van der Waals surface area contributed by atoms with Crippen molar-refractivity contribution in [2.24, 2.45) is 0 Å². The predicted octanol–water partition coefficient (Wildman–Crippen LogP) is 2.31. The second kappa shape index (κ2) is 7.49. The lowest BCUT2D eigenvalue weighted by molar-refractivity contribution is 0.0438. The van der Waals surface area contributed by atoms with Crippen LogP contribution in [-0.4, -0.2) is 67.5 Å². The van der Waals surface area contributed by atoms with Gasteiger partial charge in [0.05, 0.1) is 17.6 Å². The van der Waals surface area contributed by atoms with E-state index in [4.69, 9.17) is 4.74 Å². The molecule has 1 aromatic rings. The van der Waals surface area contributed by atoms with Gasteiger partial charge in [-0.2, -0.15) is 0 Å². The van der Waals surface area contributed by atoms with Gasteiger partial charge in [0.25, 0.3) is 0 Å². The smallest absolute Gasteiger partial charge is 0.153 e. The van der Waals surface area contributed by atoms with E-state index in [0.717, 1.165) is 44.8 Å². The molecular formula is C20H30N2O3S. The zero-order valence-electron chi connectivity index (χ0n) is 15.6. The minimum Gasteiger partial charge on any atom is -0.490 e. The first-order chi connectivity index (χ1) is 12.5. The number of likely N-dealkylation sites (N-methyl/N-ethyl adjacent to an activating group) is 1. The monoisotopic (exact) mass is 378 g/mol. The number of rotatable bonds is 5. The van der Waals surface area contributed by atoms with Gasteiger partial charge in [0.1, 0.15) is 5.75 Å². The third kappa shape index (κ3) is 3.92. The average Bonchev–Trinajstić information content (AvgIpc) is 3.22. The molecule has 0 aromatic heterocycles. The maximum absolute atomic E-state index is 12.2. The molecule has 3 fully saturated rings. The summed E-state index contributed by atoms with van der Waals surface area (Å²) in [6, 6.07) is 8.64. The van der Waals surface area contributed by atoms with Gasteiger partial charge in [-0.15, -0.1) is 0 Å². The molecule has 3 aliphatic rings. The number of hydrogen-bond donors (Lipinski definition) is 0. The molecule has 2 heterocycles. The van der Waals surface area contributed by atoms with Crippen molar-refractivity contribution in [3.8, 4) is 5.75 Å². The maximum Gasteiger partial charge on any atom is 0.153 e. The van der Waals surface area contributed by atoms with E-state index >= 15 is 0 Å². The lowest BCUT2D eigenvalue weighted by Crippen LogP contribution is -2.58. The summed E-state index contributed by atoms with van der Waals surface area (Å²) in [6.07, 6.45) is 5.21. The molecule has 0 spiro atoms. The third-order valence-corrected chi connectivity index (χ3v) is 7.90. The number of benzene rings is 1. The molecule has 4 rings (SSSR count). The van der Waals surface area contributed by atoms with Crippen molar-refractivity contribution in [1.82, 2.24) is 9.80 Å². The molecule has 2 saturated heterocycles. The van der Waals surface area contributed by atoms with Crippen molar-refractivity contribution in [2.45, 2.75) is 57.3 Å². The van der Waals surface area contributed by atoms with Gasteiger partial charge in [-0.25, -0.2) is 8.42 Å².